The molecule has 2 N–H and O–H groups in total. The van der Waals surface area contributed by atoms with Crippen LogP contribution in [0.15, 0.2) is 42.5 Å². The summed E-state index contributed by atoms with van der Waals surface area (Å²) in [6.07, 6.45) is 0.0524. The van der Waals surface area contributed by atoms with Crippen molar-refractivity contribution >= 4 is 52.3 Å². The van der Waals surface area contributed by atoms with Crippen LogP contribution >= 0.6 is 23.2 Å². The first-order chi connectivity index (χ1) is 12.9. The molecule has 27 heavy (non-hydrogen) atoms. The van der Waals surface area contributed by atoms with Crippen molar-refractivity contribution in [1.82, 2.24) is 5.32 Å². The second kappa shape index (κ2) is 7.98. The third-order valence-corrected chi connectivity index (χ3v) is 5.18. The SMILES string of the molecule is CNC(=O)c1ccccc1NC(=O)[C@H]1CC(=O)N(c2cccc(Cl)c2Cl)C1. The zero-order chi connectivity index (χ0) is 19.6. The van der Waals surface area contributed by atoms with Gasteiger partial charge in [0.1, 0.15) is 0 Å². The van der Waals surface area contributed by atoms with E-state index in [-0.39, 0.29) is 35.7 Å². The van der Waals surface area contributed by atoms with Crippen LogP contribution < -0.4 is 15.5 Å². The largest absolute Gasteiger partial charge is 0.355 e. The predicted octanol–water partition coefficient (Wildman–Crippen LogP) is 3.34. The van der Waals surface area contributed by atoms with E-state index >= 15 is 0 Å². The Balaban J connectivity index is 1.77. The van der Waals surface area contributed by atoms with Crippen molar-refractivity contribution in [2.24, 2.45) is 5.92 Å². The molecule has 2 aromatic rings. The molecule has 2 aromatic carbocycles. The molecule has 3 amide bonds. The van der Waals surface area contributed by atoms with Crippen LogP contribution in [-0.4, -0.2) is 31.3 Å². The minimum Gasteiger partial charge on any atom is -0.355 e. The van der Waals surface area contributed by atoms with Gasteiger partial charge in [-0.1, -0.05) is 41.4 Å². The first-order valence-electron chi connectivity index (χ1n) is 8.28. The lowest BCUT2D eigenvalue weighted by atomic mass is 10.1. The van der Waals surface area contributed by atoms with Crippen LogP contribution in [-0.2, 0) is 9.59 Å². The number of hydrogen-bond donors (Lipinski definition) is 2. The average Bonchev–Trinajstić information content (AvgIpc) is 3.05. The summed E-state index contributed by atoms with van der Waals surface area (Å²) in [5.41, 5.74) is 1.23. The minimum absolute atomic E-state index is 0.0524. The van der Waals surface area contributed by atoms with Crippen LogP contribution in [0.2, 0.25) is 10.0 Å². The standard InChI is InChI=1S/C19H17Cl2N3O3/c1-22-19(27)12-5-2-3-7-14(12)23-18(26)11-9-16(25)24(10-11)15-8-4-6-13(20)17(15)21/h2-8,11H,9-10H2,1H3,(H,22,27)(H,23,26)/t11-/m0/s1. The van der Waals surface area contributed by atoms with E-state index in [1.807, 2.05) is 0 Å². The van der Waals surface area contributed by atoms with Gasteiger partial charge in [-0.2, -0.15) is 0 Å². The number of halogens is 2. The van der Waals surface area contributed by atoms with Gasteiger partial charge in [0.05, 0.1) is 32.9 Å². The maximum absolute atomic E-state index is 12.7. The van der Waals surface area contributed by atoms with E-state index in [1.54, 1.807) is 42.5 Å². The monoisotopic (exact) mass is 405 g/mol. The molecule has 140 valence electrons. The first-order valence-corrected chi connectivity index (χ1v) is 9.04. The second-order valence-corrected chi connectivity index (χ2v) is 6.88. The Morgan fingerprint density at radius 1 is 1.11 bits per heavy atom. The molecule has 3 rings (SSSR count). The van der Waals surface area contributed by atoms with Crippen molar-refractivity contribution in [3.63, 3.8) is 0 Å². The van der Waals surface area contributed by atoms with Crippen LogP contribution in [0.5, 0.6) is 0 Å². The molecule has 0 aliphatic carbocycles. The highest BCUT2D eigenvalue weighted by atomic mass is 35.5. The van der Waals surface area contributed by atoms with E-state index in [9.17, 15) is 14.4 Å². The van der Waals surface area contributed by atoms with Crippen molar-refractivity contribution in [3.8, 4) is 0 Å². The number of anilines is 2. The summed E-state index contributed by atoms with van der Waals surface area (Å²) >= 11 is 12.2. The first kappa shape index (κ1) is 19.2. The molecule has 1 aliphatic heterocycles. The fraction of sp³-hybridized carbons (Fsp3) is 0.211. The molecular formula is C19H17Cl2N3O3. The summed E-state index contributed by atoms with van der Waals surface area (Å²) in [5.74, 6) is -1.41. The summed E-state index contributed by atoms with van der Waals surface area (Å²) in [6, 6.07) is 11.7. The molecule has 0 saturated carbocycles. The minimum atomic E-state index is -0.565. The number of carbonyl (C=O) groups excluding carboxylic acids is 3. The maximum Gasteiger partial charge on any atom is 0.253 e. The molecule has 1 heterocycles. The third kappa shape index (κ3) is 3.91. The third-order valence-electron chi connectivity index (χ3n) is 4.37. The van der Waals surface area contributed by atoms with Gasteiger partial charge in [0.25, 0.3) is 5.91 Å². The number of nitrogens with zero attached hydrogens (tertiary/aromatic N) is 1. The normalized spacial score (nSPS) is 16.3. The molecular weight excluding hydrogens is 389 g/mol. The Hall–Kier alpha value is -2.57. The fourth-order valence-electron chi connectivity index (χ4n) is 2.98. The molecule has 8 heteroatoms. The zero-order valence-electron chi connectivity index (χ0n) is 14.5. The molecule has 1 aliphatic rings. The van der Waals surface area contributed by atoms with Gasteiger partial charge < -0.3 is 15.5 Å². The second-order valence-electron chi connectivity index (χ2n) is 6.09. The maximum atomic E-state index is 12.7. The number of nitrogens with one attached hydrogen (secondary N) is 2. The van der Waals surface area contributed by atoms with Crippen molar-refractivity contribution in [3.05, 3.63) is 58.1 Å². The molecule has 0 radical (unpaired) electrons. The summed E-state index contributed by atoms with van der Waals surface area (Å²) in [7, 11) is 1.52. The van der Waals surface area contributed by atoms with Crippen LogP contribution in [0.25, 0.3) is 0 Å². The lowest BCUT2D eigenvalue weighted by Crippen LogP contribution is -2.29. The molecule has 1 fully saturated rings. The number of rotatable bonds is 4. The fourth-order valence-corrected chi connectivity index (χ4v) is 3.37. The molecule has 0 aromatic heterocycles. The predicted molar refractivity (Wildman–Crippen MR) is 105 cm³/mol. The summed E-state index contributed by atoms with van der Waals surface area (Å²) in [5, 5.41) is 5.90. The van der Waals surface area contributed by atoms with E-state index in [1.165, 1.54) is 11.9 Å². The highest BCUT2D eigenvalue weighted by molar-refractivity contribution is 6.44. The zero-order valence-corrected chi connectivity index (χ0v) is 16.0. The van der Waals surface area contributed by atoms with Crippen LogP contribution in [0.3, 0.4) is 0 Å². The Morgan fingerprint density at radius 3 is 2.59 bits per heavy atom. The summed E-state index contributed by atoms with van der Waals surface area (Å²) in [6.45, 7) is 0.187. The molecule has 1 saturated heterocycles. The molecule has 1 atom stereocenters. The number of carbonyl (C=O) groups is 3. The number of amides is 3. The lowest BCUT2D eigenvalue weighted by Gasteiger charge is -2.19. The smallest absolute Gasteiger partial charge is 0.253 e. The topological polar surface area (TPSA) is 78.5 Å². The summed E-state index contributed by atoms with van der Waals surface area (Å²) in [4.78, 5) is 38.5. The Labute approximate surface area is 166 Å². The van der Waals surface area contributed by atoms with E-state index in [0.717, 1.165) is 0 Å². The van der Waals surface area contributed by atoms with Crippen LogP contribution in [0.4, 0.5) is 11.4 Å². The summed E-state index contributed by atoms with van der Waals surface area (Å²) < 4.78 is 0. The quantitative estimate of drug-likeness (QED) is 0.818. The Morgan fingerprint density at radius 2 is 1.85 bits per heavy atom. The Bertz CT molecular complexity index is 917. The number of hydrogen-bond acceptors (Lipinski definition) is 3. The van der Waals surface area contributed by atoms with Crippen LogP contribution in [0, 0.1) is 5.92 Å². The Kier molecular flexibility index (Phi) is 5.68. The van der Waals surface area contributed by atoms with E-state index in [0.29, 0.717) is 22.0 Å². The van der Waals surface area contributed by atoms with Gasteiger partial charge in [0, 0.05) is 20.0 Å². The van der Waals surface area contributed by atoms with Gasteiger partial charge in [-0.3, -0.25) is 14.4 Å². The van der Waals surface area contributed by atoms with Crippen molar-refractivity contribution in [1.29, 1.82) is 0 Å². The van der Waals surface area contributed by atoms with Gasteiger partial charge in [-0.05, 0) is 24.3 Å². The van der Waals surface area contributed by atoms with E-state index in [4.69, 9.17) is 23.2 Å². The molecule has 0 spiro atoms. The van der Waals surface area contributed by atoms with Crippen molar-refractivity contribution < 1.29 is 14.4 Å². The molecule has 0 bridgehead atoms. The van der Waals surface area contributed by atoms with Gasteiger partial charge in [0.2, 0.25) is 11.8 Å². The van der Waals surface area contributed by atoms with Gasteiger partial charge in [-0.25, -0.2) is 0 Å². The molecule has 0 unspecified atom stereocenters. The number of para-hydroxylation sites is 1. The van der Waals surface area contributed by atoms with Gasteiger partial charge in [0.15, 0.2) is 0 Å². The molecule has 6 nitrogen and oxygen atoms in total. The van der Waals surface area contributed by atoms with Crippen molar-refractivity contribution in [2.45, 2.75) is 6.42 Å². The highest BCUT2D eigenvalue weighted by Gasteiger charge is 2.36. The lowest BCUT2D eigenvalue weighted by molar-refractivity contribution is -0.122. The van der Waals surface area contributed by atoms with E-state index < -0.39 is 5.92 Å². The van der Waals surface area contributed by atoms with Crippen molar-refractivity contribution in [2.75, 3.05) is 23.8 Å². The van der Waals surface area contributed by atoms with Gasteiger partial charge in [-0.15, -0.1) is 0 Å². The highest BCUT2D eigenvalue weighted by Crippen LogP contribution is 2.36. The van der Waals surface area contributed by atoms with E-state index in [2.05, 4.69) is 10.6 Å². The van der Waals surface area contributed by atoms with Crippen LogP contribution in [0.1, 0.15) is 16.8 Å². The average molecular weight is 406 g/mol. The van der Waals surface area contributed by atoms with Gasteiger partial charge >= 0.3 is 0 Å². The number of benzene rings is 2.